The average molecular weight is 845 g/mol. The minimum absolute atomic E-state index is 0.123. The number of ether oxygens (including phenoxy) is 3. The third kappa shape index (κ3) is 47.0. The maximum absolute atomic E-state index is 12.7. The molecule has 0 rings (SSSR count). The van der Waals surface area contributed by atoms with Crippen LogP contribution in [-0.4, -0.2) is 37.2 Å². The maximum Gasteiger partial charge on any atom is 0.309 e. The van der Waals surface area contributed by atoms with Crippen LogP contribution in [0.1, 0.15) is 201 Å². The highest BCUT2D eigenvalue weighted by Gasteiger charge is 2.19. The fourth-order valence-corrected chi connectivity index (χ4v) is 6.22. The van der Waals surface area contributed by atoms with Gasteiger partial charge in [0, 0.05) is 12.8 Å². The zero-order chi connectivity index (χ0) is 44.4. The second-order valence-electron chi connectivity index (χ2n) is 15.7. The highest BCUT2D eigenvalue weighted by molar-refractivity contribution is 5.72. The van der Waals surface area contributed by atoms with Crippen molar-refractivity contribution in [2.75, 3.05) is 13.2 Å². The highest BCUT2D eigenvalue weighted by Crippen LogP contribution is 2.12. The number of carbonyl (C=O) groups excluding carboxylic acids is 3. The number of esters is 3. The molecule has 1 atom stereocenters. The quantitative estimate of drug-likeness (QED) is 0.0200. The Labute approximate surface area is 374 Å². The van der Waals surface area contributed by atoms with Gasteiger partial charge in [0.05, 0.1) is 6.42 Å². The van der Waals surface area contributed by atoms with Crippen LogP contribution >= 0.6 is 0 Å². The molecule has 0 fully saturated rings. The smallest absolute Gasteiger partial charge is 0.309 e. The van der Waals surface area contributed by atoms with Crippen molar-refractivity contribution in [1.82, 2.24) is 0 Å². The number of unbranched alkanes of at least 4 members (excludes halogenated alkanes) is 16. The van der Waals surface area contributed by atoms with Gasteiger partial charge in [-0.2, -0.15) is 0 Å². The molecule has 6 heteroatoms. The van der Waals surface area contributed by atoms with E-state index < -0.39 is 12.1 Å². The van der Waals surface area contributed by atoms with Crippen LogP contribution in [0.3, 0.4) is 0 Å². The van der Waals surface area contributed by atoms with Gasteiger partial charge >= 0.3 is 17.9 Å². The predicted molar refractivity (Wildman–Crippen MR) is 260 cm³/mol. The van der Waals surface area contributed by atoms with Crippen molar-refractivity contribution in [2.24, 2.45) is 0 Å². The summed E-state index contributed by atoms with van der Waals surface area (Å²) in [7, 11) is 0. The summed E-state index contributed by atoms with van der Waals surface area (Å²) in [6, 6.07) is 0. The van der Waals surface area contributed by atoms with Gasteiger partial charge in [-0.3, -0.25) is 14.4 Å². The van der Waals surface area contributed by atoms with E-state index >= 15 is 0 Å². The van der Waals surface area contributed by atoms with E-state index in [1.165, 1.54) is 44.9 Å². The van der Waals surface area contributed by atoms with Gasteiger partial charge in [-0.25, -0.2) is 0 Å². The fraction of sp³-hybridized carbons (Fsp3) is 0.618. The van der Waals surface area contributed by atoms with E-state index in [2.05, 4.69) is 118 Å². The Kier molecular flexibility index (Phi) is 45.6. The SMILES string of the molecule is CC/C=C\C/C=C\C/C=C\CCCCCCCCC(=O)OC(COC(=O)C/C=C\C/C=C\C/C=C\CC)COC(=O)CCCCCCC\C=C/C=C\C=C/CCCCCCC. The lowest BCUT2D eigenvalue weighted by molar-refractivity contribution is -0.166. The van der Waals surface area contributed by atoms with Crippen LogP contribution in [0.25, 0.3) is 0 Å². The normalized spacial score (nSPS) is 13.0. The van der Waals surface area contributed by atoms with Gasteiger partial charge in [0.2, 0.25) is 0 Å². The Bertz CT molecular complexity index is 1290. The van der Waals surface area contributed by atoms with E-state index in [0.29, 0.717) is 6.42 Å². The maximum atomic E-state index is 12.7. The minimum Gasteiger partial charge on any atom is -0.462 e. The summed E-state index contributed by atoms with van der Waals surface area (Å²) in [4.78, 5) is 37.8. The second-order valence-corrected chi connectivity index (χ2v) is 15.7. The number of rotatable bonds is 42. The van der Waals surface area contributed by atoms with Crippen LogP contribution in [0.15, 0.2) is 109 Å². The minimum atomic E-state index is -0.829. The molecule has 0 N–H and O–H groups in total. The van der Waals surface area contributed by atoms with Gasteiger partial charge in [0.15, 0.2) is 6.10 Å². The Morgan fingerprint density at radius 1 is 0.377 bits per heavy atom. The van der Waals surface area contributed by atoms with E-state index in [4.69, 9.17) is 14.2 Å². The summed E-state index contributed by atoms with van der Waals surface area (Å²) in [6.07, 6.45) is 65.3. The summed E-state index contributed by atoms with van der Waals surface area (Å²) in [5, 5.41) is 0. The molecule has 1 unspecified atom stereocenters. The van der Waals surface area contributed by atoms with Gasteiger partial charge < -0.3 is 14.2 Å². The number of allylic oxidation sites excluding steroid dienone is 17. The van der Waals surface area contributed by atoms with E-state index in [1.54, 1.807) is 6.08 Å². The van der Waals surface area contributed by atoms with Gasteiger partial charge in [-0.05, 0) is 89.9 Å². The van der Waals surface area contributed by atoms with Gasteiger partial charge in [0.1, 0.15) is 13.2 Å². The molecule has 0 heterocycles. The molecule has 0 aromatic rings. The summed E-state index contributed by atoms with van der Waals surface area (Å²) in [6.45, 7) is 6.24. The summed E-state index contributed by atoms with van der Waals surface area (Å²) >= 11 is 0. The standard InChI is InChI=1S/C55H88O6/c1-4-7-10-13-16-19-21-23-25-27-28-30-31-33-36-39-42-45-48-54(57)60-51-52(50-59-53(56)47-44-41-38-35-18-15-12-9-6-3)61-55(58)49-46-43-40-37-34-32-29-26-24-22-20-17-14-11-8-5-2/h8-9,11-12,17-18,20-21,23-28,30,35,41,44,52H,4-7,10,13-16,19,22,29,31-34,36-40,42-43,45-51H2,1-3H3/b11-8-,12-9-,20-17-,23-21-,26-24-,27-25-,30-28-,35-18-,44-41-. The molecule has 0 aliphatic heterocycles. The zero-order valence-electron chi connectivity index (χ0n) is 39.1. The van der Waals surface area contributed by atoms with Gasteiger partial charge in [-0.15, -0.1) is 0 Å². The fourth-order valence-electron chi connectivity index (χ4n) is 6.22. The van der Waals surface area contributed by atoms with E-state index in [1.807, 2.05) is 6.08 Å². The molecule has 0 aromatic heterocycles. The van der Waals surface area contributed by atoms with Crippen molar-refractivity contribution in [2.45, 2.75) is 207 Å². The van der Waals surface area contributed by atoms with Crippen molar-refractivity contribution in [3.05, 3.63) is 109 Å². The van der Waals surface area contributed by atoms with Crippen molar-refractivity contribution in [3.63, 3.8) is 0 Å². The summed E-state index contributed by atoms with van der Waals surface area (Å²) in [5.41, 5.74) is 0. The van der Waals surface area contributed by atoms with Crippen LogP contribution < -0.4 is 0 Å². The summed E-state index contributed by atoms with van der Waals surface area (Å²) < 4.78 is 16.6. The highest BCUT2D eigenvalue weighted by atomic mass is 16.6. The van der Waals surface area contributed by atoms with Crippen LogP contribution in [-0.2, 0) is 28.6 Å². The number of hydrogen-bond donors (Lipinski definition) is 0. The Morgan fingerprint density at radius 2 is 0.770 bits per heavy atom. The Morgan fingerprint density at radius 3 is 1.28 bits per heavy atom. The van der Waals surface area contributed by atoms with Crippen LogP contribution in [0.5, 0.6) is 0 Å². The average Bonchev–Trinajstić information content (AvgIpc) is 3.26. The first kappa shape index (κ1) is 57.1. The topological polar surface area (TPSA) is 78.9 Å². The molecule has 0 bridgehead atoms. The van der Waals surface area contributed by atoms with Crippen LogP contribution in [0.4, 0.5) is 0 Å². The van der Waals surface area contributed by atoms with Crippen molar-refractivity contribution >= 4 is 17.9 Å². The van der Waals surface area contributed by atoms with E-state index in [9.17, 15) is 14.4 Å². The first-order valence-electron chi connectivity index (χ1n) is 24.4. The molecule has 6 nitrogen and oxygen atoms in total. The molecular formula is C55H88O6. The Balaban J connectivity index is 4.47. The number of carbonyl (C=O) groups is 3. The van der Waals surface area contributed by atoms with Crippen molar-refractivity contribution in [1.29, 1.82) is 0 Å². The lowest BCUT2D eigenvalue weighted by Gasteiger charge is -2.18. The first-order valence-corrected chi connectivity index (χ1v) is 24.4. The van der Waals surface area contributed by atoms with Gasteiger partial charge in [-0.1, -0.05) is 201 Å². The monoisotopic (exact) mass is 845 g/mol. The molecule has 0 aliphatic rings. The summed E-state index contributed by atoms with van der Waals surface area (Å²) in [5.74, 6) is -1.09. The first-order chi connectivity index (χ1) is 30.0. The second kappa shape index (κ2) is 48.7. The number of hydrogen-bond acceptors (Lipinski definition) is 6. The van der Waals surface area contributed by atoms with Crippen molar-refractivity contribution < 1.29 is 28.6 Å². The van der Waals surface area contributed by atoms with E-state index in [-0.39, 0.29) is 38.0 Å². The largest absolute Gasteiger partial charge is 0.462 e. The third-order valence-electron chi connectivity index (χ3n) is 9.84. The molecule has 0 saturated heterocycles. The lowest BCUT2D eigenvalue weighted by Crippen LogP contribution is -2.30. The molecule has 0 spiro atoms. The molecular weight excluding hydrogens is 757 g/mol. The van der Waals surface area contributed by atoms with Gasteiger partial charge in [0.25, 0.3) is 0 Å². The molecule has 61 heavy (non-hydrogen) atoms. The van der Waals surface area contributed by atoms with E-state index in [0.717, 1.165) is 116 Å². The third-order valence-corrected chi connectivity index (χ3v) is 9.84. The molecule has 0 aromatic carbocycles. The van der Waals surface area contributed by atoms with Crippen LogP contribution in [0, 0.1) is 0 Å². The molecule has 0 amide bonds. The molecule has 0 radical (unpaired) electrons. The predicted octanol–water partition coefficient (Wildman–Crippen LogP) is 16.0. The lowest BCUT2D eigenvalue weighted by atomic mass is 10.1. The molecule has 0 aliphatic carbocycles. The molecule has 0 saturated carbocycles. The Hall–Kier alpha value is -3.93. The van der Waals surface area contributed by atoms with Crippen LogP contribution in [0.2, 0.25) is 0 Å². The molecule has 344 valence electrons. The zero-order valence-corrected chi connectivity index (χ0v) is 39.1. The van der Waals surface area contributed by atoms with Crippen molar-refractivity contribution in [3.8, 4) is 0 Å².